The summed E-state index contributed by atoms with van der Waals surface area (Å²) in [5.41, 5.74) is 1.69. The molecular formula is C20H17Cl3N2O3. The Morgan fingerprint density at radius 1 is 1.14 bits per heavy atom. The van der Waals surface area contributed by atoms with E-state index in [1.54, 1.807) is 36.4 Å². The molecule has 28 heavy (non-hydrogen) atoms. The van der Waals surface area contributed by atoms with Gasteiger partial charge < -0.3 is 9.74 Å². The number of carbonyl (C=O) groups is 2. The molecule has 0 fully saturated rings. The van der Waals surface area contributed by atoms with Gasteiger partial charge in [-0.25, -0.2) is 4.79 Å². The number of halogens is 3. The molecule has 0 aliphatic carbocycles. The first-order valence-electron chi connectivity index (χ1n) is 8.60. The van der Waals surface area contributed by atoms with Gasteiger partial charge in [-0.15, -0.1) is 0 Å². The average molecular weight is 440 g/mol. The van der Waals surface area contributed by atoms with Crippen molar-refractivity contribution < 1.29 is 14.4 Å². The van der Waals surface area contributed by atoms with Gasteiger partial charge in [0.15, 0.2) is 5.71 Å². The molecule has 0 saturated heterocycles. The standard InChI is InChI=1S/C20H17Cl3N2O3/c1-11(2)8-18(26)28-24-19-13-9-12(21)6-7-17(13)25(20(19)27)10-14-15(22)4-3-5-16(14)23/h3-7,9,11H,8,10H2,1-2H3. The minimum atomic E-state index is -0.508. The molecule has 0 spiro atoms. The van der Waals surface area contributed by atoms with Gasteiger partial charge in [-0.1, -0.05) is 59.9 Å². The fraction of sp³-hybridized carbons (Fsp3) is 0.250. The number of hydrogen-bond donors (Lipinski definition) is 0. The lowest BCUT2D eigenvalue weighted by Crippen LogP contribution is -2.30. The Kier molecular flexibility index (Phi) is 6.28. The predicted molar refractivity (Wildman–Crippen MR) is 111 cm³/mol. The van der Waals surface area contributed by atoms with E-state index in [-0.39, 0.29) is 24.6 Å². The summed E-state index contributed by atoms with van der Waals surface area (Å²) < 4.78 is 0. The molecule has 1 amide bonds. The van der Waals surface area contributed by atoms with Crippen LogP contribution in [0.15, 0.2) is 41.6 Å². The zero-order valence-corrected chi connectivity index (χ0v) is 17.5. The summed E-state index contributed by atoms with van der Waals surface area (Å²) >= 11 is 18.6. The molecule has 1 aliphatic heterocycles. The Bertz CT molecular complexity index is 953. The van der Waals surface area contributed by atoms with Crippen LogP contribution in [0.3, 0.4) is 0 Å². The molecule has 3 rings (SSSR count). The Hall–Kier alpha value is -2.08. The summed E-state index contributed by atoms with van der Waals surface area (Å²) in [4.78, 5) is 31.3. The lowest BCUT2D eigenvalue weighted by molar-refractivity contribution is -0.144. The first kappa shape index (κ1) is 20.6. The third kappa shape index (κ3) is 4.32. The number of benzene rings is 2. The Labute approximate surface area is 177 Å². The number of hydrogen-bond acceptors (Lipinski definition) is 4. The maximum absolute atomic E-state index is 13.0. The van der Waals surface area contributed by atoms with Crippen molar-refractivity contribution in [2.75, 3.05) is 4.90 Å². The first-order valence-corrected chi connectivity index (χ1v) is 9.73. The van der Waals surface area contributed by atoms with Crippen molar-refractivity contribution >= 4 is 58.1 Å². The number of fused-ring (bicyclic) bond motifs is 1. The van der Waals surface area contributed by atoms with E-state index in [1.165, 1.54) is 4.90 Å². The summed E-state index contributed by atoms with van der Waals surface area (Å²) in [6, 6.07) is 10.1. The maximum Gasteiger partial charge on any atom is 0.335 e. The molecule has 0 atom stereocenters. The van der Waals surface area contributed by atoms with Crippen LogP contribution in [-0.2, 0) is 21.0 Å². The molecule has 5 nitrogen and oxygen atoms in total. The largest absolute Gasteiger partial charge is 0.335 e. The van der Waals surface area contributed by atoms with Gasteiger partial charge in [0.05, 0.1) is 18.7 Å². The van der Waals surface area contributed by atoms with Crippen molar-refractivity contribution in [3.63, 3.8) is 0 Å². The number of oxime groups is 1. The average Bonchev–Trinajstić information content (AvgIpc) is 2.86. The van der Waals surface area contributed by atoms with Gasteiger partial charge in [-0.2, -0.15) is 0 Å². The van der Waals surface area contributed by atoms with Crippen molar-refractivity contribution in [2.24, 2.45) is 11.1 Å². The molecule has 146 valence electrons. The summed E-state index contributed by atoms with van der Waals surface area (Å²) in [6.45, 7) is 3.92. The molecule has 0 unspecified atom stereocenters. The van der Waals surface area contributed by atoms with E-state index in [1.807, 2.05) is 13.8 Å². The summed E-state index contributed by atoms with van der Waals surface area (Å²) in [5, 5.41) is 5.16. The van der Waals surface area contributed by atoms with Gasteiger partial charge >= 0.3 is 5.97 Å². The quantitative estimate of drug-likeness (QED) is 0.457. The van der Waals surface area contributed by atoms with E-state index in [0.717, 1.165) is 0 Å². The highest BCUT2D eigenvalue weighted by Gasteiger charge is 2.36. The van der Waals surface area contributed by atoms with Crippen molar-refractivity contribution in [1.29, 1.82) is 0 Å². The predicted octanol–water partition coefficient (Wildman–Crippen LogP) is 5.49. The molecule has 0 N–H and O–H groups in total. The zero-order chi connectivity index (χ0) is 20.4. The second-order valence-electron chi connectivity index (χ2n) is 6.75. The van der Waals surface area contributed by atoms with Crippen LogP contribution < -0.4 is 4.90 Å². The van der Waals surface area contributed by atoms with Crippen molar-refractivity contribution in [1.82, 2.24) is 0 Å². The minimum Gasteiger partial charge on any atom is -0.317 e. The van der Waals surface area contributed by atoms with Crippen LogP contribution >= 0.6 is 34.8 Å². The van der Waals surface area contributed by atoms with Crippen LogP contribution in [0.2, 0.25) is 15.1 Å². The normalized spacial score (nSPS) is 14.7. The van der Waals surface area contributed by atoms with Crippen LogP contribution in [0.1, 0.15) is 31.4 Å². The fourth-order valence-corrected chi connectivity index (χ4v) is 3.53. The molecule has 2 aromatic carbocycles. The van der Waals surface area contributed by atoms with Gasteiger partial charge in [0, 0.05) is 26.2 Å². The van der Waals surface area contributed by atoms with Gasteiger partial charge in [0.2, 0.25) is 0 Å². The van der Waals surface area contributed by atoms with Crippen molar-refractivity contribution in [3.05, 3.63) is 62.6 Å². The van der Waals surface area contributed by atoms with Gasteiger partial charge in [0.1, 0.15) is 0 Å². The van der Waals surface area contributed by atoms with Crippen LogP contribution in [0.25, 0.3) is 0 Å². The minimum absolute atomic E-state index is 0.0118. The maximum atomic E-state index is 13.0. The first-order chi connectivity index (χ1) is 13.3. The third-order valence-electron chi connectivity index (χ3n) is 4.14. The van der Waals surface area contributed by atoms with Gasteiger partial charge in [-0.3, -0.25) is 4.79 Å². The Morgan fingerprint density at radius 2 is 1.82 bits per heavy atom. The molecule has 0 aromatic heterocycles. The Morgan fingerprint density at radius 3 is 2.46 bits per heavy atom. The second-order valence-corrected chi connectivity index (χ2v) is 8.00. The zero-order valence-electron chi connectivity index (χ0n) is 15.2. The number of nitrogens with zero attached hydrogens (tertiary/aromatic N) is 2. The number of carbonyl (C=O) groups excluding carboxylic acids is 2. The highest BCUT2D eigenvalue weighted by atomic mass is 35.5. The lowest BCUT2D eigenvalue weighted by atomic mass is 10.1. The van der Waals surface area contributed by atoms with E-state index >= 15 is 0 Å². The summed E-state index contributed by atoms with van der Waals surface area (Å²) in [6.07, 6.45) is 0.201. The highest BCUT2D eigenvalue weighted by Crippen LogP contribution is 2.35. The molecule has 0 saturated carbocycles. The van der Waals surface area contributed by atoms with Crippen molar-refractivity contribution in [3.8, 4) is 0 Å². The molecular weight excluding hydrogens is 423 g/mol. The molecule has 0 radical (unpaired) electrons. The van der Waals surface area contributed by atoms with Crippen LogP contribution in [0.5, 0.6) is 0 Å². The van der Waals surface area contributed by atoms with Crippen LogP contribution in [0, 0.1) is 5.92 Å². The van der Waals surface area contributed by atoms with E-state index in [2.05, 4.69) is 5.16 Å². The van der Waals surface area contributed by atoms with Gasteiger partial charge in [-0.05, 0) is 36.2 Å². The van der Waals surface area contributed by atoms with E-state index in [0.29, 0.717) is 31.9 Å². The highest BCUT2D eigenvalue weighted by molar-refractivity contribution is 6.54. The summed E-state index contributed by atoms with van der Waals surface area (Å²) in [7, 11) is 0. The van der Waals surface area contributed by atoms with E-state index in [9.17, 15) is 9.59 Å². The van der Waals surface area contributed by atoms with E-state index < -0.39 is 11.9 Å². The lowest BCUT2D eigenvalue weighted by Gasteiger charge is -2.18. The number of amides is 1. The number of anilines is 1. The smallest absolute Gasteiger partial charge is 0.317 e. The molecule has 2 aromatic rings. The molecule has 0 bridgehead atoms. The SMILES string of the molecule is CC(C)CC(=O)ON=C1C(=O)N(Cc2c(Cl)cccc2Cl)c2ccc(Cl)cc21. The fourth-order valence-electron chi connectivity index (χ4n) is 2.84. The Balaban J connectivity index is 1.96. The van der Waals surface area contributed by atoms with Gasteiger partial charge in [0.25, 0.3) is 5.91 Å². The number of rotatable bonds is 5. The second kappa shape index (κ2) is 8.52. The van der Waals surface area contributed by atoms with Crippen LogP contribution in [-0.4, -0.2) is 17.6 Å². The summed E-state index contributed by atoms with van der Waals surface area (Å²) in [5.74, 6) is -0.815. The molecule has 1 aliphatic rings. The molecule has 1 heterocycles. The molecule has 8 heteroatoms. The van der Waals surface area contributed by atoms with Crippen molar-refractivity contribution in [2.45, 2.75) is 26.8 Å². The monoisotopic (exact) mass is 438 g/mol. The third-order valence-corrected chi connectivity index (χ3v) is 5.09. The van der Waals surface area contributed by atoms with Crippen LogP contribution in [0.4, 0.5) is 5.69 Å². The van der Waals surface area contributed by atoms with E-state index in [4.69, 9.17) is 39.6 Å². The topological polar surface area (TPSA) is 59.0 Å².